The summed E-state index contributed by atoms with van der Waals surface area (Å²) in [5, 5.41) is 5.46. The molecule has 0 aliphatic rings. The lowest BCUT2D eigenvalue weighted by Crippen LogP contribution is -2.38. The molecule has 3 aromatic carbocycles. The molecule has 2 amide bonds. The molecule has 0 saturated heterocycles. The van der Waals surface area contributed by atoms with E-state index in [0.717, 1.165) is 4.31 Å². The second-order valence-corrected chi connectivity index (χ2v) is 9.92. The van der Waals surface area contributed by atoms with Crippen molar-refractivity contribution in [3.8, 4) is 11.5 Å². The lowest BCUT2D eigenvalue weighted by atomic mass is 10.1. The van der Waals surface area contributed by atoms with E-state index in [1.165, 1.54) is 32.4 Å². The fourth-order valence-corrected chi connectivity index (χ4v) is 5.08. The summed E-state index contributed by atoms with van der Waals surface area (Å²) in [7, 11) is 0.234. The van der Waals surface area contributed by atoms with Crippen molar-refractivity contribution in [1.29, 1.82) is 0 Å². The van der Waals surface area contributed by atoms with Crippen LogP contribution in [0.1, 0.15) is 16.8 Å². The molecule has 0 spiro atoms. The van der Waals surface area contributed by atoms with E-state index in [9.17, 15) is 18.0 Å². The Balaban J connectivity index is 1.93. The van der Waals surface area contributed by atoms with Crippen LogP contribution in [0.4, 0.5) is 11.4 Å². The van der Waals surface area contributed by atoms with E-state index in [-0.39, 0.29) is 33.5 Å². The highest BCUT2D eigenvalue weighted by Crippen LogP contribution is 2.35. The van der Waals surface area contributed by atoms with Gasteiger partial charge in [-0.05, 0) is 42.8 Å². The highest BCUT2D eigenvalue weighted by Gasteiger charge is 2.30. The standard InChI is InChI=1S/C27H31N3O7S/c1-35-17-9-16-28-27(32)22-12-7-8-13-23(22)29-26(31)19-30(38(33,34)21-10-5-4-6-11-21)24-18-20(36-2)14-15-25(24)37-3/h4-8,10-15,18H,9,16-17,19H2,1-3H3,(H,28,32)(H,29,31). The van der Waals surface area contributed by atoms with E-state index in [1.54, 1.807) is 61.7 Å². The van der Waals surface area contributed by atoms with Crippen LogP contribution in [0.15, 0.2) is 77.7 Å². The maximum atomic E-state index is 13.7. The minimum atomic E-state index is -4.20. The van der Waals surface area contributed by atoms with Gasteiger partial charge in [0.25, 0.3) is 15.9 Å². The number of hydrogen-bond donors (Lipinski definition) is 2. The van der Waals surface area contributed by atoms with Crippen LogP contribution in [0.25, 0.3) is 0 Å². The van der Waals surface area contributed by atoms with Gasteiger partial charge in [-0.15, -0.1) is 0 Å². The summed E-state index contributed by atoms with van der Waals surface area (Å²) in [4.78, 5) is 26.0. The zero-order valence-corrected chi connectivity index (χ0v) is 22.3. The topological polar surface area (TPSA) is 123 Å². The third-order valence-electron chi connectivity index (χ3n) is 5.53. The fraction of sp³-hybridized carbons (Fsp3) is 0.259. The van der Waals surface area contributed by atoms with Crippen LogP contribution < -0.4 is 24.4 Å². The number of amides is 2. The van der Waals surface area contributed by atoms with Gasteiger partial charge in [0.1, 0.15) is 18.0 Å². The predicted molar refractivity (Wildman–Crippen MR) is 144 cm³/mol. The van der Waals surface area contributed by atoms with Crippen molar-refractivity contribution in [2.75, 3.05) is 50.6 Å². The predicted octanol–water partition coefficient (Wildman–Crippen LogP) is 3.30. The maximum Gasteiger partial charge on any atom is 0.264 e. The number of nitrogens with one attached hydrogen (secondary N) is 2. The summed E-state index contributed by atoms with van der Waals surface area (Å²) in [6.07, 6.45) is 0.630. The molecule has 2 N–H and O–H groups in total. The van der Waals surface area contributed by atoms with E-state index >= 15 is 0 Å². The number of methoxy groups -OCH3 is 3. The van der Waals surface area contributed by atoms with Gasteiger partial charge in [0, 0.05) is 26.3 Å². The molecule has 0 bridgehead atoms. The van der Waals surface area contributed by atoms with Crippen molar-refractivity contribution in [3.63, 3.8) is 0 Å². The van der Waals surface area contributed by atoms with Crippen LogP contribution in [-0.4, -0.2) is 61.3 Å². The molecular weight excluding hydrogens is 510 g/mol. The first kappa shape index (κ1) is 28.5. The zero-order chi connectivity index (χ0) is 27.5. The monoisotopic (exact) mass is 541 g/mol. The number of anilines is 2. The highest BCUT2D eigenvalue weighted by atomic mass is 32.2. The van der Waals surface area contributed by atoms with Gasteiger partial charge in [-0.25, -0.2) is 8.42 Å². The average molecular weight is 542 g/mol. The molecule has 0 unspecified atom stereocenters. The van der Waals surface area contributed by atoms with Gasteiger partial charge in [0.2, 0.25) is 5.91 Å². The first-order valence-electron chi connectivity index (χ1n) is 11.8. The van der Waals surface area contributed by atoms with Crippen molar-refractivity contribution in [1.82, 2.24) is 5.32 Å². The molecule has 0 aliphatic heterocycles. The number of ether oxygens (including phenoxy) is 3. The van der Waals surface area contributed by atoms with Gasteiger partial charge >= 0.3 is 0 Å². The molecule has 11 heteroatoms. The molecule has 0 aromatic heterocycles. The lowest BCUT2D eigenvalue weighted by molar-refractivity contribution is -0.114. The van der Waals surface area contributed by atoms with Gasteiger partial charge in [-0.3, -0.25) is 13.9 Å². The summed E-state index contributed by atoms with van der Waals surface area (Å²) in [5.41, 5.74) is 0.612. The number of carbonyl (C=O) groups is 2. The summed E-state index contributed by atoms with van der Waals surface area (Å²) in [6, 6.07) is 18.9. The van der Waals surface area contributed by atoms with Gasteiger partial charge in [0.05, 0.1) is 36.1 Å². The second-order valence-electron chi connectivity index (χ2n) is 8.06. The van der Waals surface area contributed by atoms with Crippen LogP contribution in [-0.2, 0) is 19.6 Å². The summed E-state index contributed by atoms with van der Waals surface area (Å²) in [5.74, 6) is -0.423. The third-order valence-corrected chi connectivity index (χ3v) is 7.30. The summed E-state index contributed by atoms with van der Waals surface area (Å²) < 4.78 is 44.1. The van der Waals surface area contributed by atoms with Gasteiger partial charge in [-0.2, -0.15) is 0 Å². The quantitative estimate of drug-likeness (QED) is 0.318. The Morgan fingerprint density at radius 1 is 0.895 bits per heavy atom. The Bertz CT molecular complexity index is 1350. The van der Waals surface area contributed by atoms with E-state index in [0.29, 0.717) is 25.3 Å². The molecule has 0 aliphatic carbocycles. The lowest BCUT2D eigenvalue weighted by Gasteiger charge is -2.26. The molecule has 0 heterocycles. The van der Waals surface area contributed by atoms with Gasteiger partial charge in [0.15, 0.2) is 0 Å². The van der Waals surface area contributed by atoms with Crippen LogP contribution >= 0.6 is 0 Å². The van der Waals surface area contributed by atoms with E-state index in [1.807, 2.05) is 0 Å². The maximum absolute atomic E-state index is 13.7. The minimum Gasteiger partial charge on any atom is -0.497 e. The van der Waals surface area contributed by atoms with Crippen molar-refractivity contribution in [3.05, 3.63) is 78.4 Å². The molecule has 10 nitrogen and oxygen atoms in total. The molecule has 3 rings (SSSR count). The molecule has 0 atom stereocenters. The zero-order valence-electron chi connectivity index (χ0n) is 21.5. The Labute approximate surface area is 222 Å². The number of benzene rings is 3. The molecule has 0 radical (unpaired) electrons. The SMILES string of the molecule is COCCCNC(=O)c1ccccc1NC(=O)CN(c1cc(OC)ccc1OC)S(=O)(=O)c1ccccc1. The molecule has 0 saturated carbocycles. The summed E-state index contributed by atoms with van der Waals surface area (Å²) in [6.45, 7) is 0.302. The Morgan fingerprint density at radius 3 is 2.29 bits per heavy atom. The normalized spacial score (nSPS) is 10.9. The number of carbonyl (C=O) groups excluding carboxylic acids is 2. The third kappa shape index (κ3) is 7.02. The molecule has 3 aromatic rings. The summed E-state index contributed by atoms with van der Waals surface area (Å²) >= 11 is 0. The van der Waals surface area contributed by atoms with E-state index in [2.05, 4.69) is 10.6 Å². The number of para-hydroxylation sites is 1. The van der Waals surface area contributed by atoms with E-state index < -0.39 is 22.5 Å². The van der Waals surface area contributed by atoms with Crippen molar-refractivity contribution in [2.24, 2.45) is 0 Å². The number of hydrogen-bond acceptors (Lipinski definition) is 7. The van der Waals surface area contributed by atoms with Crippen molar-refractivity contribution >= 4 is 33.2 Å². The molecule has 38 heavy (non-hydrogen) atoms. The van der Waals surface area contributed by atoms with Crippen LogP contribution in [0.5, 0.6) is 11.5 Å². The average Bonchev–Trinajstić information content (AvgIpc) is 2.94. The minimum absolute atomic E-state index is 0.00601. The second kappa shape index (κ2) is 13.5. The Morgan fingerprint density at radius 2 is 1.61 bits per heavy atom. The van der Waals surface area contributed by atoms with Crippen LogP contribution in [0, 0.1) is 0 Å². The van der Waals surface area contributed by atoms with Crippen molar-refractivity contribution in [2.45, 2.75) is 11.3 Å². The largest absolute Gasteiger partial charge is 0.497 e. The Hall–Kier alpha value is -4.09. The van der Waals surface area contributed by atoms with Crippen LogP contribution in [0.2, 0.25) is 0 Å². The molecular formula is C27H31N3O7S. The Kier molecular flexibility index (Phi) is 10.1. The number of rotatable bonds is 13. The van der Waals surface area contributed by atoms with Crippen LogP contribution in [0.3, 0.4) is 0 Å². The van der Waals surface area contributed by atoms with Gasteiger partial charge < -0.3 is 24.8 Å². The number of sulfonamides is 1. The van der Waals surface area contributed by atoms with Gasteiger partial charge in [-0.1, -0.05) is 30.3 Å². The molecule has 202 valence electrons. The fourth-order valence-electron chi connectivity index (χ4n) is 3.63. The van der Waals surface area contributed by atoms with E-state index in [4.69, 9.17) is 14.2 Å². The number of nitrogens with zero attached hydrogens (tertiary/aromatic N) is 1. The van der Waals surface area contributed by atoms with Crippen molar-refractivity contribution < 1.29 is 32.2 Å². The highest BCUT2D eigenvalue weighted by molar-refractivity contribution is 7.92. The molecule has 0 fully saturated rings. The smallest absolute Gasteiger partial charge is 0.264 e. The first-order chi connectivity index (χ1) is 18.3. The first-order valence-corrected chi connectivity index (χ1v) is 13.2.